The summed E-state index contributed by atoms with van der Waals surface area (Å²) in [5.41, 5.74) is 1.41. The monoisotopic (exact) mass is 324 g/mol. The third kappa shape index (κ3) is 4.30. The average Bonchev–Trinajstić information content (AvgIpc) is 2.39. The average molecular weight is 325 g/mol. The van der Waals surface area contributed by atoms with Gasteiger partial charge in [0.1, 0.15) is 0 Å². The van der Waals surface area contributed by atoms with Gasteiger partial charge in [-0.3, -0.25) is 4.90 Å². The molecule has 0 amide bonds. The van der Waals surface area contributed by atoms with E-state index in [1.165, 1.54) is 35.8 Å². The molecule has 1 aliphatic heterocycles. The molecule has 2 rings (SSSR count). The molecule has 1 heterocycles. The number of hydrogen-bond acceptors (Lipinski definition) is 2. The predicted molar refractivity (Wildman–Crippen MR) is 85.3 cm³/mol. The summed E-state index contributed by atoms with van der Waals surface area (Å²) in [6.45, 7) is 7.94. The van der Waals surface area contributed by atoms with Gasteiger partial charge in [-0.05, 0) is 30.5 Å². The van der Waals surface area contributed by atoms with Crippen molar-refractivity contribution in [1.29, 1.82) is 0 Å². The van der Waals surface area contributed by atoms with Gasteiger partial charge in [0.25, 0.3) is 0 Å². The smallest absolute Gasteiger partial charge is 0.0238 e. The molecule has 3 heteroatoms. The molecule has 2 unspecified atom stereocenters. The number of hydrogen-bond donors (Lipinski definition) is 1. The Morgan fingerprint density at radius 3 is 2.89 bits per heavy atom. The molecule has 0 aliphatic carbocycles. The van der Waals surface area contributed by atoms with Crippen LogP contribution in [0.1, 0.15) is 38.7 Å². The lowest BCUT2D eigenvalue weighted by Crippen LogP contribution is -2.55. The molecule has 1 N–H and O–H groups in total. The maximum absolute atomic E-state index is 3.70. The van der Waals surface area contributed by atoms with Crippen LogP contribution in [0, 0.1) is 0 Å². The first-order valence-corrected chi connectivity index (χ1v) is 8.24. The number of benzene rings is 1. The summed E-state index contributed by atoms with van der Waals surface area (Å²) in [6.07, 6.45) is 3.77. The van der Waals surface area contributed by atoms with Gasteiger partial charge < -0.3 is 5.32 Å². The van der Waals surface area contributed by atoms with Crippen molar-refractivity contribution in [3.8, 4) is 0 Å². The zero-order valence-electron chi connectivity index (χ0n) is 12.0. The van der Waals surface area contributed by atoms with Crippen LogP contribution in [0.5, 0.6) is 0 Å². The lowest BCUT2D eigenvalue weighted by Gasteiger charge is -2.40. The molecule has 1 aromatic rings. The van der Waals surface area contributed by atoms with Gasteiger partial charge in [-0.1, -0.05) is 48.3 Å². The van der Waals surface area contributed by atoms with Crippen molar-refractivity contribution in [2.24, 2.45) is 0 Å². The van der Waals surface area contributed by atoms with Crippen LogP contribution in [0.15, 0.2) is 28.7 Å². The van der Waals surface area contributed by atoms with Crippen LogP contribution in [-0.4, -0.2) is 30.1 Å². The van der Waals surface area contributed by atoms with Gasteiger partial charge in [-0.2, -0.15) is 0 Å². The van der Waals surface area contributed by atoms with Crippen LogP contribution >= 0.6 is 15.9 Å². The molecule has 2 atom stereocenters. The van der Waals surface area contributed by atoms with E-state index >= 15 is 0 Å². The van der Waals surface area contributed by atoms with Crippen LogP contribution < -0.4 is 5.32 Å². The summed E-state index contributed by atoms with van der Waals surface area (Å²) in [4.78, 5) is 2.65. The number of nitrogens with one attached hydrogen (secondary N) is 1. The lowest BCUT2D eigenvalue weighted by molar-refractivity contribution is 0.115. The van der Waals surface area contributed by atoms with Crippen molar-refractivity contribution >= 4 is 15.9 Å². The molecular formula is C16H25BrN2. The minimum absolute atomic E-state index is 0.667. The zero-order chi connectivity index (χ0) is 13.7. The molecule has 0 bridgehead atoms. The first-order valence-electron chi connectivity index (χ1n) is 7.44. The highest BCUT2D eigenvalue weighted by atomic mass is 79.9. The fraction of sp³-hybridized carbons (Fsp3) is 0.625. The molecule has 1 saturated heterocycles. The van der Waals surface area contributed by atoms with Gasteiger partial charge in [0.15, 0.2) is 0 Å². The van der Waals surface area contributed by atoms with E-state index < -0.39 is 0 Å². The van der Waals surface area contributed by atoms with Gasteiger partial charge >= 0.3 is 0 Å². The summed E-state index contributed by atoms with van der Waals surface area (Å²) in [5.74, 6) is 0. The molecule has 0 radical (unpaired) electrons. The first-order chi connectivity index (χ1) is 9.22. The molecule has 1 fully saturated rings. The van der Waals surface area contributed by atoms with Crippen molar-refractivity contribution in [2.75, 3.05) is 13.1 Å². The van der Waals surface area contributed by atoms with Crippen LogP contribution in [0.2, 0.25) is 0 Å². The topological polar surface area (TPSA) is 15.3 Å². The fourth-order valence-electron chi connectivity index (χ4n) is 2.94. The summed E-state index contributed by atoms with van der Waals surface area (Å²) < 4.78 is 1.18. The minimum atomic E-state index is 0.667. The second kappa shape index (κ2) is 7.41. The molecule has 1 aliphatic rings. The summed E-state index contributed by atoms with van der Waals surface area (Å²) in [5, 5.41) is 3.70. The maximum atomic E-state index is 3.70. The minimum Gasteiger partial charge on any atom is -0.311 e. The van der Waals surface area contributed by atoms with Gasteiger partial charge in [-0.25, -0.2) is 0 Å². The summed E-state index contributed by atoms with van der Waals surface area (Å²) in [7, 11) is 0. The SMILES string of the molecule is CCCC1CN(Cc2cccc(Br)c2)C(CC)CN1. The second-order valence-corrected chi connectivity index (χ2v) is 6.43. The fourth-order valence-corrected chi connectivity index (χ4v) is 3.38. The standard InChI is InChI=1S/C16H25BrN2/c1-3-6-15-12-19(16(4-2)10-18-15)11-13-7-5-8-14(17)9-13/h5,7-9,15-16,18H,3-4,6,10-12H2,1-2H3. The summed E-state index contributed by atoms with van der Waals surface area (Å²) >= 11 is 3.57. The highest BCUT2D eigenvalue weighted by molar-refractivity contribution is 9.10. The molecular weight excluding hydrogens is 300 g/mol. The third-order valence-corrected chi connectivity index (χ3v) is 4.49. The van der Waals surface area contributed by atoms with E-state index in [9.17, 15) is 0 Å². The van der Waals surface area contributed by atoms with E-state index in [0.717, 1.165) is 13.1 Å². The lowest BCUT2D eigenvalue weighted by atomic mass is 10.0. The Labute approximate surface area is 125 Å². The first kappa shape index (κ1) is 15.0. The molecule has 0 saturated carbocycles. The molecule has 106 valence electrons. The van der Waals surface area contributed by atoms with E-state index in [1.54, 1.807) is 0 Å². The van der Waals surface area contributed by atoms with Crippen molar-refractivity contribution in [1.82, 2.24) is 10.2 Å². The van der Waals surface area contributed by atoms with E-state index in [-0.39, 0.29) is 0 Å². The quantitative estimate of drug-likeness (QED) is 0.886. The highest BCUT2D eigenvalue weighted by Crippen LogP contribution is 2.19. The molecule has 19 heavy (non-hydrogen) atoms. The van der Waals surface area contributed by atoms with E-state index in [1.807, 2.05) is 0 Å². The molecule has 2 nitrogen and oxygen atoms in total. The van der Waals surface area contributed by atoms with Crippen molar-refractivity contribution in [3.05, 3.63) is 34.3 Å². The van der Waals surface area contributed by atoms with Gasteiger partial charge in [-0.15, -0.1) is 0 Å². The number of halogens is 1. The van der Waals surface area contributed by atoms with Crippen molar-refractivity contribution < 1.29 is 0 Å². The largest absolute Gasteiger partial charge is 0.311 e. The maximum Gasteiger partial charge on any atom is 0.0238 e. The second-order valence-electron chi connectivity index (χ2n) is 5.52. The van der Waals surface area contributed by atoms with Crippen LogP contribution in [0.4, 0.5) is 0 Å². The van der Waals surface area contributed by atoms with E-state index in [2.05, 4.69) is 64.3 Å². The van der Waals surface area contributed by atoms with Gasteiger partial charge in [0.05, 0.1) is 0 Å². The number of rotatable bonds is 5. The predicted octanol–water partition coefficient (Wildman–Crippen LogP) is 3.80. The Bertz CT molecular complexity index is 394. The Kier molecular flexibility index (Phi) is 5.86. The highest BCUT2D eigenvalue weighted by Gasteiger charge is 2.26. The molecule has 0 spiro atoms. The van der Waals surface area contributed by atoms with Gasteiger partial charge in [0.2, 0.25) is 0 Å². The van der Waals surface area contributed by atoms with E-state index in [0.29, 0.717) is 12.1 Å². The zero-order valence-corrected chi connectivity index (χ0v) is 13.6. The van der Waals surface area contributed by atoms with Crippen LogP contribution in [0.25, 0.3) is 0 Å². The number of piperazine rings is 1. The Morgan fingerprint density at radius 2 is 2.21 bits per heavy atom. The third-order valence-electron chi connectivity index (χ3n) is 4.00. The Morgan fingerprint density at radius 1 is 1.37 bits per heavy atom. The van der Waals surface area contributed by atoms with Crippen molar-refractivity contribution in [2.45, 2.75) is 51.7 Å². The Hall–Kier alpha value is -0.380. The molecule has 1 aromatic carbocycles. The molecule has 0 aromatic heterocycles. The van der Waals surface area contributed by atoms with Gasteiger partial charge in [0, 0.05) is 36.2 Å². The van der Waals surface area contributed by atoms with Crippen molar-refractivity contribution in [3.63, 3.8) is 0 Å². The van der Waals surface area contributed by atoms with E-state index in [4.69, 9.17) is 0 Å². The Balaban J connectivity index is 2.01. The van der Waals surface area contributed by atoms with Crippen LogP contribution in [0.3, 0.4) is 0 Å². The number of nitrogens with zero attached hydrogens (tertiary/aromatic N) is 1. The van der Waals surface area contributed by atoms with Crippen LogP contribution in [-0.2, 0) is 6.54 Å². The normalized spacial score (nSPS) is 24.6. The summed E-state index contributed by atoms with van der Waals surface area (Å²) in [6, 6.07) is 10.0.